The van der Waals surface area contributed by atoms with E-state index in [0.29, 0.717) is 28.9 Å². The Hall–Kier alpha value is -2.63. The first kappa shape index (κ1) is 18.7. The zero-order chi connectivity index (χ0) is 18.9. The minimum Gasteiger partial charge on any atom is -0.422 e. The van der Waals surface area contributed by atoms with Gasteiger partial charge in [0.2, 0.25) is 0 Å². The van der Waals surface area contributed by atoms with Crippen LogP contribution in [0.25, 0.3) is 5.65 Å². The van der Waals surface area contributed by atoms with Crippen molar-refractivity contribution in [3.63, 3.8) is 0 Å². The van der Waals surface area contributed by atoms with Crippen molar-refractivity contribution in [1.29, 1.82) is 0 Å². The summed E-state index contributed by atoms with van der Waals surface area (Å²) >= 11 is 0. The highest BCUT2D eigenvalue weighted by Crippen LogP contribution is 2.31. The molecule has 6 nitrogen and oxygen atoms in total. The zero-order valence-corrected chi connectivity index (χ0v) is 15.7. The number of carbonyl (C=O) groups excluding carboxylic acids is 2. The molecule has 2 rings (SSSR count). The van der Waals surface area contributed by atoms with Crippen molar-refractivity contribution in [2.24, 2.45) is 5.41 Å². The lowest BCUT2D eigenvalue weighted by Gasteiger charge is -2.21. The molecule has 2 aromatic rings. The van der Waals surface area contributed by atoms with Crippen LogP contribution in [-0.4, -0.2) is 40.3 Å². The minimum atomic E-state index is -0.675. The average molecular weight is 343 g/mol. The fourth-order valence-corrected chi connectivity index (χ4v) is 2.38. The normalized spacial score (nSPS) is 11.4. The van der Waals surface area contributed by atoms with E-state index >= 15 is 0 Å². The summed E-state index contributed by atoms with van der Waals surface area (Å²) in [6.07, 6.45) is 5.60. The number of hydrogen-bond acceptors (Lipinski definition) is 4. The quantitative estimate of drug-likeness (QED) is 0.632. The summed E-state index contributed by atoms with van der Waals surface area (Å²) in [5.74, 6) is -0.228. The van der Waals surface area contributed by atoms with E-state index in [2.05, 4.69) is 11.6 Å². The number of hydrogen-bond donors (Lipinski definition) is 0. The second kappa shape index (κ2) is 6.70. The van der Waals surface area contributed by atoms with Gasteiger partial charge in [-0.25, -0.2) is 4.98 Å². The van der Waals surface area contributed by atoms with E-state index in [1.54, 1.807) is 57.7 Å². The van der Waals surface area contributed by atoms with Crippen LogP contribution in [0, 0.1) is 12.3 Å². The molecule has 0 aliphatic carbocycles. The summed E-state index contributed by atoms with van der Waals surface area (Å²) in [5.41, 5.74) is 1.69. The molecule has 0 radical (unpaired) electrons. The number of fused-ring (bicyclic) bond motifs is 1. The van der Waals surface area contributed by atoms with Crippen LogP contribution < -0.4 is 4.74 Å². The maximum Gasteiger partial charge on any atom is 0.316 e. The molecule has 2 heterocycles. The van der Waals surface area contributed by atoms with Crippen LogP contribution >= 0.6 is 0 Å². The first-order valence-corrected chi connectivity index (χ1v) is 8.12. The number of allylic oxidation sites excluding steroid dienone is 1. The van der Waals surface area contributed by atoms with Crippen molar-refractivity contribution in [1.82, 2.24) is 14.3 Å². The van der Waals surface area contributed by atoms with Gasteiger partial charge in [0.1, 0.15) is 0 Å². The SMILES string of the molecule is C=CCc1c(C(=O)N(C)C)cn2cc(C)nc2c1OC(=O)C(C)(C)C. The van der Waals surface area contributed by atoms with Gasteiger partial charge in [0, 0.05) is 32.1 Å². The number of pyridine rings is 1. The summed E-state index contributed by atoms with van der Waals surface area (Å²) in [6.45, 7) is 11.0. The van der Waals surface area contributed by atoms with Crippen LogP contribution in [0.2, 0.25) is 0 Å². The molecule has 2 aromatic heterocycles. The van der Waals surface area contributed by atoms with Gasteiger partial charge in [0.15, 0.2) is 11.4 Å². The lowest BCUT2D eigenvalue weighted by atomic mass is 9.97. The number of nitrogens with zero attached hydrogens (tertiary/aromatic N) is 3. The Bertz CT molecular complexity index is 842. The molecular weight excluding hydrogens is 318 g/mol. The third-order valence-electron chi connectivity index (χ3n) is 3.72. The van der Waals surface area contributed by atoms with E-state index in [-0.39, 0.29) is 11.9 Å². The third-order valence-corrected chi connectivity index (χ3v) is 3.72. The largest absolute Gasteiger partial charge is 0.422 e. The standard InChI is InChI=1S/C19H25N3O3/c1-8-9-13-14(17(23)21(6)7)11-22-10-12(2)20-16(22)15(13)25-18(24)19(3,4)5/h8,10-11H,1,9H2,2-7H3. The highest BCUT2D eigenvalue weighted by atomic mass is 16.5. The van der Waals surface area contributed by atoms with E-state index in [1.807, 2.05) is 6.92 Å². The van der Waals surface area contributed by atoms with Crippen LogP contribution in [0.3, 0.4) is 0 Å². The molecule has 0 aliphatic rings. The van der Waals surface area contributed by atoms with E-state index in [4.69, 9.17) is 4.74 Å². The molecule has 0 saturated heterocycles. The molecule has 0 saturated carbocycles. The van der Waals surface area contributed by atoms with E-state index in [9.17, 15) is 9.59 Å². The molecule has 0 unspecified atom stereocenters. The Labute approximate surface area is 148 Å². The van der Waals surface area contributed by atoms with Crippen LogP contribution in [-0.2, 0) is 11.2 Å². The highest BCUT2D eigenvalue weighted by molar-refractivity contribution is 5.97. The number of amides is 1. The first-order chi connectivity index (χ1) is 11.6. The molecule has 0 atom stereocenters. The monoisotopic (exact) mass is 343 g/mol. The topological polar surface area (TPSA) is 63.9 Å². The Kier molecular flexibility index (Phi) is 5.02. The Morgan fingerprint density at radius 1 is 1.32 bits per heavy atom. The Morgan fingerprint density at radius 3 is 2.48 bits per heavy atom. The first-order valence-electron chi connectivity index (χ1n) is 8.12. The van der Waals surface area contributed by atoms with Gasteiger partial charge in [-0.15, -0.1) is 6.58 Å². The molecule has 0 fully saturated rings. The van der Waals surface area contributed by atoms with Crippen molar-refractivity contribution < 1.29 is 14.3 Å². The number of rotatable bonds is 4. The summed E-state index contributed by atoms with van der Waals surface area (Å²) in [5, 5.41) is 0. The van der Waals surface area contributed by atoms with Crippen molar-refractivity contribution in [2.75, 3.05) is 14.1 Å². The van der Waals surface area contributed by atoms with Crippen molar-refractivity contribution in [3.8, 4) is 5.75 Å². The molecule has 0 aliphatic heterocycles. The number of carbonyl (C=O) groups is 2. The lowest BCUT2D eigenvalue weighted by molar-refractivity contribution is -0.142. The summed E-state index contributed by atoms with van der Waals surface area (Å²) < 4.78 is 7.45. The van der Waals surface area contributed by atoms with Gasteiger partial charge in [-0.05, 0) is 34.1 Å². The van der Waals surface area contributed by atoms with Crippen LogP contribution in [0.1, 0.15) is 42.4 Å². The Balaban J connectivity index is 2.77. The molecule has 6 heteroatoms. The summed E-state index contributed by atoms with van der Waals surface area (Å²) in [4.78, 5) is 31.1. The number of aromatic nitrogens is 2. The second-order valence-electron chi connectivity index (χ2n) is 7.30. The van der Waals surface area contributed by atoms with Crippen LogP contribution in [0.15, 0.2) is 25.0 Å². The maximum atomic E-state index is 12.6. The lowest BCUT2D eigenvalue weighted by Crippen LogP contribution is -2.28. The van der Waals surface area contributed by atoms with E-state index in [1.165, 1.54) is 4.90 Å². The molecule has 0 spiro atoms. The number of ether oxygens (including phenoxy) is 1. The van der Waals surface area contributed by atoms with Gasteiger partial charge in [-0.3, -0.25) is 9.59 Å². The Morgan fingerprint density at radius 2 is 1.96 bits per heavy atom. The summed E-state index contributed by atoms with van der Waals surface area (Å²) in [7, 11) is 3.37. The molecule has 1 amide bonds. The minimum absolute atomic E-state index is 0.168. The van der Waals surface area contributed by atoms with Gasteiger partial charge < -0.3 is 14.0 Å². The van der Waals surface area contributed by atoms with Crippen molar-refractivity contribution in [2.45, 2.75) is 34.1 Å². The smallest absolute Gasteiger partial charge is 0.316 e. The summed E-state index contributed by atoms with van der Waals surface area (Å²) in [6, 6.07) is 0. The van der Waals surface area contributed by atoms with Crippen LogP contribution in [0.4, 0.5) is 0 Å². The zero-order valence-electron chi connectivity index (χ0n) is 15.7. The second-order valence-corrected chi connectivity index (χ2v) is 7.30. The number of imidazole rings is 1. The van der Waals surface area contributed by atoms with Gasteiger partial charge in [-0.1, -0.05) is 6.08 Å². The van der Waals surface area contributed by atoms with E-state index < -0.39 is 5.41 Å². The molecule has 0 N–H and O–H groups in total. The average Bonchev–Trinajstić information content (AvgIpc) is 2.87. The van der Waals surface area contributed by atoms with E-state index in [0.717, 1.165) is 5.69 Å². The molecule has 0 bridgehead atoms. The number of esters is 1. The van der Waals surface area contributed by atoms with Gasteiger partial charge >= 0.3 is 5.97 Å². The van der Waals surface area contributed by atoms with Gasteiger partial charge in [0.05, 0.1) is 16.7 Å². The fourth-order valence-electron chi connectivity index (χ4n) is 2.38. The van der Waals surface area contributed by atoms with Gasteiger partial charge in [0.25, 0.3) is 5.91 Å². The molecular formula is C19H25N3O3. The molecule has 25 heavy (non-hydrogen) atoms. The number of aryl methyl sites for hydroxylation is 1. The predicted octanol–water partition coefficient (Wildman–Crippen LogP) is 3.02. The maximum absolute atomic E-state index is 12.6. The predicted molar refractivity (Wildman–Crippen MR) is 96.9 cm³/mol. The van der Waals surface area contributed by atoms with Crippen molar-refractivity contribution >= 4 is 17.5 Å². The van der Waals surface area contributed by atoms with Gasteiger partial charge in [-0.2, -0.15) is 0 Å². The van der Waals surface area contributed by atoms with Crippen molar-refractivity contribution in [3.05, 3.63) is 41.9 Å². The highest BCUT2D eigenvalue weighted by Gasteiger charge is 2.28. The van der Waals surface area contributed by atoms with Crippen LogP contribution in [0.5, 0.6) is 5.75 Å². The third kappa shape index (κ3) is 3.73. The molecule has 134 valence electrons. The molecule has 0 aromatic carbocycles. The fraction of sp³-hybridized carbons (Fsp3) is 0.421.